The van der Waals surface area contributed by atoms with Crippen LogP contribution in [-0.4, -0.2) is 24.1 Å². The average Bonchev–Trinajstić information content (AvgIpc) is 3.23. The van der Waals surface area contributed by atoms with E-state index in [-0.39, 0.29) is 24.1 Å². The van der Waals surface area contributed by atoms with Crippen LogP contribution in [0.1, 0.15) is 40.0 Å². The fourth-order valence-electron chi connectivity index (χ4n) is 6.80. The zero-order valence-corrected chi connectivity index (χ0v) is 16.1. The van der Waals surface area contributed by atoms with Crippen molar-refractivity contribution in [2.45, 2.75) is 31.5 Å². The van der Waals surface area contributed by atoms with Gasteiger partial charge in [-0.05, 0) is 67.2 Å². The zero-order valence-electron chi connectivity index (χ0n) is 16.1. The molecule has 0 N–H and O–H groups in total. The third-order valence-electron chi connectivity index (χ3n) is 8.02. The van der Waals surface area contributed by atoms with Gasteiger partial charge in [0.25, 0.3) is 0 Å². The van der Waals surface area contributed by atoms with Crippen molar-refractivity contribution in [3.05, 3.63) is 71.8 Å². The van der Waals surface area contributed by atoms with Gasteiger partial charge < -0.3 is 9.47 Å². The predicted molar refractivity (Wildman–Crippen MR) is 106 cm³/mol. The summed E-state index contributed by atoms with van der Waals surface area (Å²) in [7, 11) is 0. The van der Waals surface area contributed by atoms with Gasteiger partial charge in [-0.2, -0.15) is 0 Å². The maximum absolute atomic E-state index is 12.8. The molecule has 2 aromatic rings. The van der Waals surface area contributed by atoms with Crippen LogP contribution in [0.5, 0.6) is 0 Å². The van der Waals surface area contributed by atoms with E-state index in [2.05, 4.69) is 0 Å². The Kier molecular flexibility index (Phi) is 3.84. The molecule has 8 atom stereocenters. The molecule has 0 heterocycles. The van der Waals surface area contributed by atoms with Crippen LogP contribution in [-0.2, 0) is 9.47 Å². The Labute approximate surface area is 170 Å². The third kappa shape index (κ3) is 2.51. The number of carbonyl (C=O) groups is 2. The third-order valence-corrected chi connectivity index (χ3v) is 8.02. The Balaban J connectivity index is 1.26. The summed E-state index contributed by atoms with van der Waals surface area (Å²) in [6, 6.07) is 18.2. The van der Waals surface area contributed by atoms with Crippen molar-refractivity contribution in [2.24, 2.45) is 35.5 Å². The normalized spacial score (nSPS) is 38.2. The largest absolute Gasteiger partial charge is 0.455 e. The highest BCUT2D eigenvalue weighted by atomic mass is 16.6. The summed E-state index contributed by atoms with van der Waals surface area (Å²) in [5.74, 6) is 2.94. The Morgan fingerprint density at radius 1 is 0.621 bits per heavy atom. The first kappa shape index (κ1) is 17.3. The minimum absolute atomic E-state index is 0.315. The fraction of sp³-hybridized carbons (Fsp3) is 0.440. The van der Waals surface area contributed by atoms with Crippen LogP contribution in [0, 0.1) is 35.5 Å². The maximum atomic E-state index is 12.8. The number of fused-ring (bicyclic) bond motifs is 8. The second-order valence-corrected chi connectivity index (χ2v) is 9.10. The molecule has 2 aromatic carbocycles. The fourth-order valence-corrected chi connectivity index (χ4v) is 6.80. The van der Waals surface area contributed by atoms with Gasteiger partial charge in [0, 0.05) is 11.8 Å². The zero-order chi connectivity index (χ0) is 19.5. The number of hydrogen-bond acceptors (Lipinski definition) is 4. The standard InChI is InChI=1S/C25H24O4/c26-24(14-7-3-1-4-8-14)28-22-18-13-19(21-17-12-11-16(17)20(18)21)23(22)29-25(27)15-9-5-2-6-10-15/h1-10,16-23H,11-13H2. The number of benzene rings is 2. The lowest BCUT2D eigenvalue weighted by Crippen LogP contribution is -2.62. The second kappa shape index (κ2) is 6.45. The molecule has 4 fully saturated rings. The van der Waals surface area contributed by atoms with Crippen molar-refractivity contribution in [1.82, 2.24) is 0 Å². The Bertz CT molecular complexity index is 862. The van der Waals surface area contributed by atoms with Crippen LogP contribution < -0.4 is 0 Å². The van der Waals surface area contributed by atoms with E-state index >= 15 is 0 Å². The van der Waals surface area contributed by atoms with E-state index < -0.39 is 0 Å². The molecule has 148 valence electrons. The summed E-state index contributed by atoms with van der Waals surface area (Å²) in [6.45, 7) is 0. The molecule has 4 aliphatic rings. The Hall–Kier alpha value is -2.62. The van der Waals surface area contributed by atoms with Crippen molar-refractivity contribution in [1.29, 1.82) is 0 Å². The highest BCUT2D eigenvalue weighted by Gasteiger charge is 2.72. The van der Waals surface area contributed by atoms with E-state index in [1.54, 1.807) is 24.3 Å². The molecule has 0 saturated heterocycles. The van der Waals surface area contributed by atoms with Gasteiger partial charge in [0.05, 0.1) is 11.1 Å². The van der Waals surface area contributed by atoms with Crippen LogP contribution in [0.4, 0.5) is 0 Å². The lowest BCUT2D eigenvalue weighted by atomic mass is 9.43. The summed E-state index contributed by atoms with van der Waals surface area (Å²) in [5.41, 5.74) is 1.10. The Morgan fingerprint density at radius 2 is 1.03 bits per heavy atom. The summed E-state index contributed by atoms with van der Waals surface area (Å²) in [4.78, 5) is 25.6. The lowest BCUT2D eigenvalue weighted by Gasteiger charge is -2.63. The second-order valence-electron chi connectivity index (χ2n) is 9.10. The number of carbonyl (C=O) groups excluding carboxylic acids is 2. The highest BCUT2D eigenvalue weighted by molar-refractivity contribution is 5.90. The van der Waals surface area contributed by atoms with Crippen LogP contribution in [0.15, 0.2) is 60.7 Å². The minimum Gasteiger partial charge on any atom is -0.455 e. The molecule has 6 rings (SSSR count). The van der Waals surface area contributed by atoms with E-state index in [1.807, 2.05) is 36.4 Å². The molecule has 0 aliphatic heterocycles. The van der Waals surface area contributed by atoms with Gasteiger partial charge in [-0.15, -0.1) is 0 Å². The predicted octanol–water partition coefficient (Wildman–Crippen LogP) is 4.36. The molecule has 2 bridgehead atoms. The summed E-state index contributed by atoms with van der Waals surface area (Å²) >= 11 is 0. The molecule has 0 radical (unpaired) electrons. The molecule has 4 heteroatoms. The number of rotatable bonds is 4. The summed E-state index contributed by atoms with van der Waals surface area (Å²) < 4.78 is 12.0. The van der Waals surface area contributed by atoms with Gasteiger partial charge in [0.1, 0.15) is 12.2 Å². The van der Waals surface area contributed by atoms with Gasteiger partial charge >= 0.3 is 11.9 Å². The van der Waals surface area contributed by atoms with Crippen LogP contribution in [0.2, 0.25) is 0 Å². The molecule has 4 nitrogen and oxygen atoms in total. The first-order valence-corrected chi connectivity index (χ1v) is 10.7. The molecular weight excluding hydrogens is 364 g/mol. The van der Waals surface area contributed by atoms with Gasteiger partial charge in [0.2, 0.25) is 0 Å². The van der Waals surface area contributed by atoms with Crippen molar-refractivity contribution in [3.63, 3.8) is 0 Å². The molecule has 8 unspecified atom stereocenters. The highest BCUT2D eigenvalue weighted by Crippen LogP contribution is 2.72. The average molecular weight is 388 g/mol. The van der Waals surface area contributed by atoms with Crippen molar-refractivity contribution >= 4 is 11.9 Å². The smallest absolute Gasteiger partial charge is 0.338 e. The first-order valence-electron chi connectivity index (χ1n) is 10.7. The van der Waals surface area contributed by atoms with Crippen LogP contribution in [0.25, 0.3) is 0 Å². The number of esters is 2. The van der Waals surface area contributed by atoms with Crippen LogP contribution >= 0.6 is 0 Å². The molecule has 4 saturated carbocycles. The molecule has 0 spiro atoms. The SMILES string of the molecule is O=C(OC1C2CC(C1OC(=O)c1ccccc1)C1C3CCC3C21)c1ccccc1. The van der Waals surface area contributed by atoms with Gasteiger partial charge in [-0.25, -0.2) is 9.59 Å². The van der Waals surface area contributed by atoms with Crippen molar-refractivity contribution in [3.8, 4) is 0 Å². The maximum Gasteiger partial charge on any atom is 0.338 e. The summed E-state index contributed by atoms with van der Waals surface area (Å²) in [5, 5.41) is 0. The molecular formula is C25H24O4. The summed E-state index contributed by atoms with van der Waals surface area (Å²) in [6.07, 6.45) is 2.97. The Morgan fingerprint density at radius 3 is 1.41 bits per heavy atom. The molecule has 0 aromatic heterocycles. The van der Waals surface area contributed by atoms with E-state index in [0.29, 0.717) is 34.8 Å². The first-order chi connectivity index (χ1) is 14.2. The van der Waals surface area contributed by atoms with E-state index in [0.717, 1.165) is 18.3 Å². The van der Waals surface area contributed by atoms with E-state index in [4.69, 9.17) is 9.47 Å². The number of hydrogen-bond donors (Lipinski definition) is 0. The quantitative estimate of drug-likeness (QED) is 0.731. The van der Waals surface area contributed by atoms with Gasteiger partial charge in [0.15, 0.2) is 0 Å². The van der Waals surface area contributed by atoms with Gasteiger partial charge in [-0.3, -0.25) is 0 Å². The van der Waals surface area contributed by atoms with Crippen molar-refractivity contribution in [2.75, 3.05) is 0 Å². The topological polar surface area (TPSA) is 52.6 Å². The monoisotopic (exact) mass is 388 g/mol. The lowest BCUT2D eigenvalue weighted by molar-refractivity contribution is -0.187. The number of ether oxygens (including phenoxy) is 2. The van der Waals surface area contributed by atoms with Crippen molar-refractivity contribution < 1.29 is 19.1 Å². The molecule has 4 aliphatic carbocycles. The molecule has 29 heavy (non-hydrogen) atoms. The molecule has 0 amide bonds. The van der Waals surface area contributed by atoms with Gasteiger partial charge in [-0.1, -0.05) is 36.4 Å². The van der Waals surface area contributed by atoms with E-state index in [1.165, 1.54) is 12.8 Å². The van der Waals surface area contributed by atoms with Crippen LogP contribution in [0.3, 0.4) is 0 Å². The minimum atomic E-state index is -0.330. The van der Waals surface area contributed by atoms with E-state index in [9.17, 15) is 9.59 Å².